The number of benzene rings is 3. The molecule has 0 fully saturated rings. The largest absolute Gasteiger partial charge is 0.486 e. The molecule has 5 nitrogen and oxygen atoms in total. The Balaban J connectivity index is 1.74. The highest BCUT2D eigenvalue weighted by atomic mass is 32.2. The molecule has 0 aliphatic rings. The first kappa shape index (κ1) is 18.9. The number of aryl methyl sites for hydroxylation is 1. The van der Waals surface area contributed by atoms with Gasteiger partial charge in [-0.15, -0.1) is 0 Å². The lowest BCUT2D eigenvalue weighted by Gasteiger charge is -2.18. The second-order valence-corrected chi connectivity index (χ2v) is 7.56. The zero-order chi connectivity index (χ0) is 19.4. The molecule has 0 aliphatic heterocycles. The standard InChI is InChI=1S/C21H20O5S/c1-15-8-13-20(27(22,23)24)14-21(15)16(2)25-18-9-11-19(12-10-18)26-17-6-4-3-5-7-17/h3-14,16H,1-2H3,(H,22,23,24). The average Bonchev–Trinajstić information content (AvgIpc) is 2.63. The number of hydrogen-bond donors (Lipinski definition) is 1. The fourth-order valence-electron chi connectivity index (χ4n) is 2.70. The van der Waals surface area contributed by atoms with Gasteiger partial charge in [-0.05, 0) is 73.5 Å². The number of hydrogen-bond acceptors (Lipinski definition) is 4. The van der Waals surface area contributed by atoms with Crippen LogP contribution in [0.4, 0.5) is 0 Å². The molecule has 1 unspecified atom stereocenters. The van der Waals surface area contributed by atoms with Crippen LogP contribution in [0.3, 0.4) is 0 Å². The average molecular weight is 384 g/mol. The molecule has 3 aromatic carbocycles. The van der Waals surface area contributed by atoms with Crippen LogP contribution in [-0.2, 0) is 10.1 Å². The molecule has 0 aliphatic carbocycles. The minimum atomic E-state index is -4.26. The Morgan fingerprint density at radius 2 is 1.44 bits per heavy atom. The molecule has 0 aromatic heterocycles. The van der Waals surface area contributed by atoms with Gasteiger partial charge in [0.05, 0.1) is 4.90 Å². The molecule has 27 heavy (non-hydrogen) atoms. The van der Waals surface area contributed by atoms with Crippen LogP contribution in [0.25, 0.3) is 0 Å². The summed E-state index contributed by atoms with van der Waals surface area (Å²) in [7, 11) is -4.26. The van der Waals surface area contributed by atoms with Crippen molar-refractivity contribution < 1.29 is 22.4 Å². The lowest BCUT2D eigenvalue weighted by molar-refractivity contribution is 0.225. The van der Waals surface area contributed by atoms with Crippen molar-refractivity contribution in [2.45, 2.75) is 24.8 Å². The zero-order valence-electron chi connectivity index (χ0n) is 15.0. The molecule has 0 amide bonds. The Kier molecular flexibility index (Phi) is 5.48. The molecule has 6 heteroatoms. The first-order valence-corrected chi connectivity index (χ1v) is 9.84. The van der Waals surface area contributed by atoms with Crippen molar-refractivity contribution in [2.75, 3.05) is 0 Å². The third-order valence-electron chi connectivity index (χ3n) is 4.10. The molecular formula is C21H20O5S. The van der Waals surface area contributed by atoms with Crippen molar-refractivity contribution in [2.24, 2.45) is 0 Å². The molecule has 0 heterocycles. The Labute approximate surface area is 158 Å². The van der Waals surface area contributed by atoms with Gasteiger partial charge in [0, 0.05) is 0 Å². The van der Waals surface area contributed by atoms with Crippen LogP contribution in [-0.4, -0.2) is 13.0 Å². The summed E-state index contributed by atoms with van der Waals surface area (Å²) in [5.41, 5.74) is 1.56. The summed E-state index contributed by atoms with van der Waals surface area (Å²) in [5, 5.41) is 0. The van der Waals surface area contributed by atoms with E-state index in [1.54, 1.807) is 30.3 Å². The Bertz CT molecular complexity index is 1010. The van der Waals surface area contributed by atoms with E-state index in [0.717, 1.165) is 11.3 Å². The molecule has 0 spiro atoms. The van der Waals surface area contributed by atoms with Crippen LogP contribution in [0.1, 0.15) is 24.2 Å². The molecule has 0 bridgehead atoms. The fraction of sp³-hybridized carbons (Fsp3) is 0.143. The van der Waals surface area contributed by atoms with Gasteiger partial charge in [-0.1, -0.05) is 24.3 Å². The maximum absolute atomic E-state index is 11.4. The second-order valence-electron chi connectivity index (χ2n) is 6.14. The molecule has 0 radical (unpaired) electrons. The molecular weight excluding hydrogens is 364 g/mol. The quantitative estimate of drug-likeness (QED) is 0.593. The smallest absolute Gasteiger partial charge is 0.294 e. The van der Waals surface area contributed by atoms with E-state index in [2.05, 4.69) is 0 Å². The van der Waals surface area contributed by atoms with E-state index in [0.29, 0.717) is 17.1 Å². The van der Waals surface area contributed by atoms with Crippen LogP contribution >= 0.6 is 0 Å². The van der Waals surface area contributed by atoms with Crippen LogP contribution in [0, 0.1) is 6.92 Å². The van der Waals surface area contributed by atoms with Crippen molar-refractivity contribution in [1.82, 2.24) is 0 Å². The fourth-order valence-corrected chi connectivity index (χ4v) is 3.21. The SMILES string of the molecule is Cc1ccc(S(=O)(=O)O)cc1C(C)Oc1ccc(Oc2ccccc2)cc1. The Morgan fingerprint density at radius 1 is 0.852 bits per heavy atom. The van der Waals surface area contributed by atoms with E-state index < -0.39 is 16.2 Å². The summed E-state index contributed by atoms with van der Waals surface area (Å²) in [6, 6.07) is 21.1. The van der Waals surface area contributed by atoms with E-state index in [1.165, 1.54) is 12.1 Å². The molecule has 140 valence electrons. The third kappa shape index (κ3) is 4.87. The summed E-state index contributed by atoms with van der Waals surface area (Å²) < 4.78 is 43.6. The van der Waals surface area contributed by atoms with Gasteiger partial charge in [0.2, 0.25) is 0 Å². The van der Waals surface area contributed by atoms with Gasteiger partial charge in [-0.25, -0.2) is 0 Å². The highest BCUT2D eigenvalue weighted by Gasteiger charge is 2.16. The van der Waals surface area contributed by atoms with Gasteiger partial charge in [-0.3, -0.25) is 4.55 Å². The Hall–Kier alpha value is -2.83. The van der Waals surface area contributed by atoms with Gasteiger partial charge in [-0.2, -0.15) is 8.42 Å². The van der Waals surface area contributed by atoms with E-state index in [-0.39, 0.29) is 4.90 Å². The summed E-state index contributed by atoms with van der Waals surface area (Å²) in [4.78, 5) is -0.148. The van der Waals surface area contributed by atoms with E-state index >= 15 is 0 Å². The highest BCUT2D eigenvalue weighted by Crippen LogP contribution is 2.28. The van der Waals surface area contributed by atoms with Crippen molar-refractivity contribution in [1.29, 1.82) is 0 Å². The summed E-state index contributed by atoms with van der Waals surface area (Å²) in [6.07, 6.45) is -0.396. The van der Waals surface area contributed by atoms with E-state index in [1.807, 2.05) is 44.2 Å². The van der Waals surface area contributed by atoms with Gasteiger partial charge in [0.25, 0.3) is 10.1 Å². The maximum Gasteiger partial charge on any atom is 0.294 e. The van der Waals surface area contributed by atoms with Crippen LogP contribution < -0.4 is 9.47 Å². The van der Waals surface area contributed by atoms with Crippen LogP contribution in [0.2, 0.25) is 0 Å². The highest BCUT2D eigenvalue weighted by molar-refractivity contribution is 7.85. The predicted molar refractivity (Wildman–Crippen MR) is 103 cm³/mol. The molecule has 3 rings (SSSR count). The Morgan fingerprint density at radius 3 is 2.07 bits per heavy atom. The van der Waals surface area contributed by atoms with Crippen molar-refractivity contribution in [3.05, 3.63) is 83.9 Å². The van der Waals surface area contributed by atoms with E-state index in [9.17, 15) is 13.0 Å². The van der Waals surface area contributed by atoms with Crippen LogP contribution in [0.15, 0.2) is 77.7 Å². The van der Waals surface area contributed by atoms with Gasteiger partial charge < -0.3 is 9.47 Å². The third-order valence-corrected chi connectivity index (χ3v) is 4.95. The topological polar surface area (TPSA) is 72.8 Å². The lowest BCUT2D eigenvalue weighted by Crippen LogP contribution is -2.07. The molecule has 1 atom stereocenters. The lowest BCUT2D eigenvalue weighted by atomic mass is 10.0. The van der Waals surface area contributed by atoms with Crippen molar-refractivity contribution >= 4 is 10.1 Å². The first-order chi connectivity index (χ1) is 12.8. The summed E-state index contributed by atoms with van der Waals surface area (Å²) in [5.74, 6) is 2.06. The molecule has 0 saturated carbocycles. The van der Waals surface area contributed by atoms with Gasteiger partial charge in [0.1, 0.15) is 23.4 Å². The molecule has 1 N–H and O–H groups in total. The predicted octanol–water partition coefficient (Wildman–Crippen LogP) is 5.17. The molecule has 3 aromatic rings. The second kappa shape index (κ2) is 7.82. The zero-order valence-corrected chi connectivity index (χ0v) is 15.8. The van der Waals surface area contributed by atoms with Crippen molar-refractivity contribution in [3.8, 4) is 17.2 Å². The van der Waals surface area contributed by atoms with E-state index in [4.69, 9.17) is 9.47 Å². The number of ether oxygens (including phenoxy) is 2. The van der Waals surface area contributed by atoms with Crippen molar-refractivity contribution in [3.63, 3.8) is 0 Å². The maximum atomic E-state index is 11.4. The normalized spacial score (nSPS) is 12.4. The number of para-hydroxylation sites is 1. The summed E-state index contributed by atoms with van der Waals surface area (Å²) in [6.45, 7) is 3.68. The van der Waals surface area contributed by atoms with Crippen LogP contribution in [0.5, 0.6) is 17.2 Å². The summed E-state index contributed by atoms with van der Waals surface area (Å²) >= 11 is 0. The van der Waals surface area contributed by atoms with Gasteiger partial charge in [0.15, 0.2) is 0 Å². The minimum absolute atomic E-state index is 0.148. The monoisotopic (exact) mass is 384 g/mol. The number of rotatable bonds is 6. The van der Waals surface area contributed by atoms with Gasteiger partial charge >= 0.3 is 0 Å². The first-order valence-electron chi connectivity index (χ1n) is 8.40. The molecule has 0 saturated heterocycles. The minimum Gasteiger partial charge on any atom is -0.486 e.